The molecule has 2 aromatic heterocycles. The largest absolute Gasteiger partial charge is 0.457 e. The maximum Gasteiger partial charge on any atom is 0.435 e. The molecule has 0 aliphatic carbocycles. The molecule has 2 rings (SSSR count). The molecule has 2 aromatic rings. The first-order valence-corrected chi connectivity index (χ1v) is 7.68. The van der Waals surface area contributed by atoms with Gasteiger partial charge in [0.05, 0.1) is 12.2 Å². The van der Waals surface area contributed by atoms with Gasteiger partial charge in [-0.15, -0.1) is 0 Å². The normalized spacial score (nSPS) is 12.5. The van der Waals surface area contributed by atoms with Crippen LogP contribution in [0.15, 0.2) is 6.20 Å². The highest BCUT2D eigenvalue weighted by Gasteiger charge is 2.40. The first-order valence-electron chi connectivity index (χ1n) is 7.68. The lowest BCUT2D eigenvalue weighted by Crippen LogP contribution is -2.38. The van der Waals surface area contributed by atoms with Gasteiger partial charge in [0.15, 0.2) is 11.2 Å². The van der Waals surface area contributed by atoms with E-state index in [-0.39, 0.29) is 12.2 Å². The zero-order valence-electron chi connectivity index (χ0n) is 14.7. The minimum absolute atomic E-state index is 0.0601. The summed E-state index contributed by atoms with van der Waals surface area (Å²) in [6.45, 7) is 8.25. The number of nitrogens with zero attached hydrogens (tertiary/aromatic N) is 5. The van der Waals surface area contributed by atoms with Crippen LogP contribution in [-0.4, -0.2) is 30.7 Å². The predicted octanol–water partition coefficient (Wildman–Crippen LogP) is 2.61. The van der Waals surface area contributed by atoms with Crippen molar-refractivity contribution >= 4 is 5.97 Å². The van der Waals surface area contributed by atoms with Crippen molar-refractivity contribution in [2.75, 3.05) is 0 Å². The Morgan fingerprint density at radius 3 is 2.32 bits per heavy atom. The summed E-state index contributed by atoms with van der Waals surface area (Å²) >= 11 is 0. The average molecular weight is 359 g/mol. The summed E-state index contributed by atoms with van der Waals surface area (Å²) in [6.07, 6.45) is -3.40. The topological polar surface area (TPSA) is 74.8 Å². The van der Waals surface area contributed by atoms with E-state index in [9.17, 15) is 18.0 Å². The summed E-state index contributed by atoms with van der Waals surface area (Å²) in [5.41, 5.74) is -1.35. The Hall–Kier alpha value is -2.39. The molecule has 0 saturated carbocycles. The number of esters is 1. The predicted molar refractivity (Wildman–Crippen MR) is 81.5 cm³/mol. The zero-order valence-corrected chi connectivity index (χ0v) is 14.7. The fourth-order valence-electron chi connectivity index (χ4n) is 2.17. The van der Waals surface area contributed by atoms with Crippen molar-refractivity contribution in [3.63, 3.8) is 0 Å². The van der Waals surface area contributed by atoms with Crippen molar-refractivity contribution in [2.45, 2.75) is 59.5 Å². The molecule has 0 aromatic carbocycles. The molecule has 0 atom stereocenters. The molecule has 10 heteroatoms. The van der Waals surface area contributed by atoms with Crippen LogP contribution in [0.2, 0.25) is 0 Å². The van der Waals surface area contributed by atoms with Gasteiger partial charge in [0.25, 0.3) is 0 Å². The fourth-order valence-corrected chi connectivity index (χ4v) is 2.17. The van der Waals surface area contributed by atoms with E-state index in [1.165, 1.54) is 31.8 Å². The van der Waals surface area contributed by atoms with Gasteiger partial charge in [-0.3, -0.25) is 4.68 Å². The maximum absolute atomic E-state index is 12.9. The van der Waals surface area contributed by atoms with E-state index < -0.39 is 23.4 Å². The van der Waals surface area contributed by atoms with Crippen molar-refractivity contribution in [2.24, 2.45) is 0 Å². The molecule has 7 nitrogen and oxygen atoms in total. The molecule has 0 aliphatic rings. The number of carbonyl (C=O) groups is 1. The van der Waals surface area contributed by atoms with Gasteiger partial charge in [-0.05, 0) is 40.2 Å². The lowest BCUT2D eigenvalue weighted by atomic mass is 10.1. The minimum atomic E-state index is -4.58. The van der Waals surface area contributed by atoms with Gasteiger partial charge in [0.1, 0.15) is 12.3 Å². The number of rotatable bonds is 5. The van der Waals surface area contributed by atoms with Crippen LogP contribution < -0.4 is 0 Å². The van der Waals surface area contributed by atoms with E-state index in [4.69, 9.17) is 4.74 Å². The second-order valence-corrected chi connectivity index (χ2v) is 6.16. The molecule has 0 spiro atoms. The lowest BCUT2D eigenvalue weighted by Gasteiger charge is -2.23. The standard InChI is InChI=1S/C15H20F3N5O2/c1-6-23-19-10(3)11(20-23)8-25-13(24)14(4,5)22-7-9(2)12(21-22)15(16,17)18/h7H,6,8H2,1-5H3. The molecule has 0 N–H and O–H groups in total. The Balaban J connectivity index is 2.16. The van der Waals surface area contributed by atoms with E-state index in [1.807, 2.05) is 6.92 Å². The summed E-state index contributed by atoms with van der Waals surface area (Å²) in [5, 5.41) is 11.8. The van der Waals surface area contributed by atoms with Gasteiger partial charge in [-0.2, -0.15) is 33.3 Å². The molecule has 138 valence electrons. The van der Waals surface area contributed by atoms with Crippen LogP contribution >= 0.6 is 0 Å². The number of aryl methyl sites for hydroxylation is 3. The van der Waals surface area contributed by atoms with Crippen LogP contribution in [-0.2, 0) is 34.4 Å². The first-order chi connectivity index (χ1) is 11.5. The average Bonchev–Trinajstić information content (AvgIpc) is 3.07. The molecular weight excluding hydrogens is 339 g/mol. The molecule has 0 amide bonds. The quantitative estimate of drug-likeness (QED) is 0.767. The van der Waals surface area contributed by atoms with E-state index in [1.54, 1.807) is 6.92 Å². The Labute approximate surface area is 142 Å². The maximum atomic E-state index is 12.9. The van der Waals surface area contributed by atoms with Crippen molar-refractivity contribution in [1.82, 2.24) is 24.8 Å². The van der Waals surface area contributed by atoms with Crippen molar-refractivity contribution in [3.05, 3.63) is 28.8 Å². The van der Waals surface area contributed by atoms with Crippen LogP contribution in [0.4, 0.5) is 13.2 Å². The number of ether oxygens (including phenoxy) is 1. The second-order valence-electron chi connectivity index (χ2n) is 6.16. The molecule has 0 unspecified atom stereocenters. The number of halogens is 3. The highest BCUT2D eigenvalue weighted by atomic mass is 19.4. The van der Waals surface area contributed by atoms with Crippen LogP contribution in [0, 0.1) is 13.8 Å². The fraction of sp³-hybridized carbons (Fsp3) is 0.600. The Morgan fingerprint density at radius 1 is 1.20 bits per heavy atom. The third-order valence-corrected chi connectivity index (χ3v) is 3.78. The van der Waals surface area contributed by atoms with Crippen LogP contribution in [0.25, 0.3) is 0 Å². The van der Waals surface area contributed by atoms with Crippen molar-refractivity contribution in [1.29, 1.82) is 0 Å². The van der Waals surface area contributed by atoms with Gasteiger partial charge >= 0.3 is 12.1 Å². The number of alkyl halides is 3. The second kappa shape index (κ2) is 6.49. The number of carbonyl (C=O) groups excluding carboxylic acids is 1. The Bertz CT molecular complexity index is 777. The molecule has 0 fully saturated rings. The first kappa shape index (κ1) is 18.9. The third kappa shape index (κ3) is 3.83. The number of hydrogen-bond donors (Lipinski definition) is 0. The third-order valence-electron chi connectivity index (χ3n) is 3.78. The molecule has 2 heterocycles. The van der Waals surface area contributed by atoms with Crippen molar-refractivity contribution in [3.8, 4) is 0 Å². The lowest BCUT2D eigenvalue weighted by molar-refractivity contribution is -0.155. The van der Waals surface area contributed by atoms with E-state index in [2.05, 4.69) is 15.3 Å². The van der Waals surface area contributed by atoms with E-state index in [0.717, 1.165) is 4.68 Å². The van der Waals surface area contributed by atoms with E-state index in [0.29, 0.717) is 17.9 Å². The van der Waals surface area contributed by atoms with Crippen LogP contribution in [0.5, 0.6) is 0 Å². The Kier molecular flexibility index (Phi) is 4.92. The number of hydrogen-bond acceptors (Lipinski definition) is 5. The van der Waals surface area contributed by atoms with Gasteiger partial charge in [-0.25, -0.2) is 4.79 Å². The zero-order chi connectivity index (χ0) is 19.0. The molecule has 0 radical (unpaired) electrons. The SMILES string of the molecule is CCn1nc(C)c(COC(=O)C(C)(C)n2cc(C)c(C(F)(F)F)n2)n1. The van der Waals surface area contributed by atoms with E-state index >= 15 is 0 Å². The highest BCUT2D eigenvalue weighted by Crippen LogP contribution is 2.31. The molecular formula is C15H20F3N5O2. The van der Waals surface area contributed by atoms with Gasteiger partial charge in [0, 0.05) is 6.20 Å². The monoisotopic (exact) mass is 359 g/mol. The number of aromatic nitrogens is 5. The van der Waals surface area contributed by atoms with Crippen LogP contribution in [0.1, 0.15) is 43.4 Å². The summed E-state index contributed by atoms with van der Waals surface area (Å²) in [4.78, 5) is 13.8. The van der Waals surface area contributed by atoms with Crippen molar-refractivity contribution < 1.29 is 22.7 Å². The Morgan fingerprint density at radius 2 is 1.84 bits per heavy atom. The van der Waals surface area contributed by atoms with Gasteiger partial charge in [0.2, 0.25) is 0 Å². The van der Waals surface area contributed by atoms with Crippen LogP contribution in [0.3, 0.4) is 0 Å². The summed E-state index contributed by atoms with van der Waals surface area (Å²) in [7, 11) is 0. The molecule has 0 saturated heterocycles. The van der Waals surface area contributed by atoms with Gasteiger partial charge < -0.3 is 4.74 Å². The highest BCUT2D eigenvalue weighted by molar-refractivity contribution is 5.77. The summed E-state index contributed by atoms with van der Waals surface area (Å²) < 4.78 is 44.9. The summed E-state index contributed by atoms with van der Waals surface area (Å²) in [5.74, 6) is -0.714. The van der Waals surface area contributed by atoms with Gasteiger partial charge in [-0.1, -0.05) is 0 Å². The molecule has 0 aliphatic heterocycles. The molecule has 25 heavy (non-hydrogen) atoms. The minimum Gasteiger partial charge on any atom is -0.457 e. The smallest absolute Gasteiger partial charge is 0.435 e. The summed E-state index contributed by atoms with van der Waals surface area (Å²) in [6, 6.07) is 0. The molecule has 0 bridgehead atoms.